The molecule has 0 aliphatic carbocycles. The fraction of sp³-hybridized carbons (Fsp3) is 0.500. The zero-order valence-electron chi connectivity index (χ0n) is 14.9. The number of sulfonamides is 1. The van der Waals surface area contributed by atoms with Gasteiger partial charge in [0.25, 0.3) is 5.91 Å². The van der Waals surface area contributed by atoms with Crippen LogP contribution in [0.2, 0.25) is 0 Å². The Hall–Kier alpha value is -2.33. The fourth-order valence-electron chi connectivity index (χ4n) is 2.93. The molecule has 0 spiro atoms. The molecule has 0 unspecified atom stereocenters. The number of carbonyl (C=O) groups excluding carboxylic acids is 1. The van der Waals surface area contributed by atoms with Crippen molar-refractivity contribution in [2.75, 3.05) is 25.9 Å². The van der Waals surface area contributed by atoms with Crippen molar-refractivity contribution in [1.82, 2.24) is 24.3 Å². The number of rotatable bonds is 6. The number of hydrogen-bond donors (Lipinski definition) is 0. The van der Waals surface area contributed by atoms with Crippen molar-refractivity contribution < 1.29 is 17.7 Å². The molecule has 2 aromatic heterocycles. The second-order valence-corrected chi connectivity index (χ2v) is 8.40. The van der Waals surface area contributed by atoms with E-state index in [0.29, 0.717) is 36.8 Å². The van der Waals surface area contributed by atoms with Crippen LogP contribution in [0.3, 0.4) is 0 Å². The average molecular weight is 379 g/mol. The molecule has 0 saturated carbocycles. The van der Waals surface area contributed by atoms with Gasteiger partial charge in [-0.25, -0.2) is 8.42 Å². The molecule has 1 aliphatic heterocycles. The van der Waals surface area contributed by atoms with Gasteiger partial charge in [-0.1, -0.05) is 5.16 Å². The molecule has 10 heteroatoms. The van der Waals surface area contributed by atoms with E-state index < -0.39 is 10.0 Å². The van der Waals surface area contributed by atoms with Crippen LogP contribution in [-0.2, 0) is 16.4 Å². The third-order valence-corrected chi connectivity index (χ3v) is 5.56. The summed E-state index contributed by atoms with van der Waals surface area (Å²) in [6.07, 6.45) is 4.73. The quantitative estimate of drug-likeness (QED) is 0.715. The maximum atomic E-state index is 12.5. The van der Waals surface area contributed by atoms with E-state index in [0.717, 1.165) is 5.56 Å². The van der Waals surface area contributed by atoms with E-state index in [1.807, 2.05) is 6.92 Å². The van der Waals surface area contributed by atoms with E-state index in [-0.39, 0.29) is 18.5 Å². The summed E-state index contributed by atoms with van der Waals surface area (Å²) in [5.74, 6) is 0.770. The molecule has 0 atom stereocenters. The molecular formula is C16H21N5O4S. The molecule has 0 radical (unpaired) electrons. The zero-order chi connectivity index (χ0) is 18.9. The Bertz CT molecular complexity index is 905. The van der Waals surface area contributed by atoms with Gasteiger partial charge in [0.05, 0.1) is 17.9 Å². The van der Waals surface area contributed by atoms with Crippen molar-refractivity contribution in [1.29, 1.82) is 0 Å². The third-order valence-electron chi connectivity index (χ3n) is 4.23. The molecule has 3 heterocycles. The molecule has 140 valence electrons. The van der Waals surface area contributed by atoms with Gasteiger partial charge in [0, 0.05) is 45.4 Å². The van der Waals surface area contributed by atoms with Gasteiger partial charge in [0.2, 0.25) is 15.9 Å². The van der Waals surface area contributed by atoms with Crippen LogP contribution in [0.4, 0.5) is 0 Å². The van der Waals surface area contributed by atoms with Crippen LogP contribution in [0, 0.1) is 13.8 Å². The molecule has 0 aromatic carbocycles. The van der Waals surface area contributed by atoms with Gasteiger partial charge < -0.3 is 9.42 Å². The maximum Gasteiger partial charge on any atom is 0.255 e. The molecular weight excluding hydrogens is 358 g/mol. The van der Waals surface area contributed by atoms with Gasteiger partial charge >= 0.3 is 0 Å². The van der Waals surface area contributed by atoms with Gasteiger partial charge in [0.1, 0.15) is 0 Å². The van der Waals surface area contributed by atoms with Gasteiger partial charge in [-0.15, -0.1) is 0 Å². The summed E-state index contributed by atoms with van der Waals surface area (Å²) in [6, 6.07) is 1.52. The number of likely N-dealkylation sites (tertiary alicyclic amines) is 1. The Kier molecular flexibility index (Phi) is 5.05. The summed E-state index contributed by atoms with van der Waals surface area (Å²) in [5.41, 5.74) is 1.41. The van der Waals surface area contributed by atoms with Gasteiger partial charge in [-0.05, 0) is 18.6 Å². The van der Waals surface area contributed by atoms with Crippen LogP contribution in [-0.4, -0.2) is 70.6 Å². The molecule has 2 aromatic rings. The first kappa shape index (κ1) is 18.5. The van der Waals surface area contributed by atoms with Crippen molar-refractivity contribution in [2.24, 2.45) is 0 Å². The van der Waals surface area contributed by atoms with Gasteiger partial charge in [-0.2, -0.15) is 9.29 Å². The number of aromatic nitrogens is 3. The van der Waals surface area contributed by atoms with Crippen LogP contribution in [0.15, 0.2) is 23.0 Å². The minimum atomic E-state index is -3.41. The second kappa shape index (κ2) is 7.12. The highest BCUT2D eigenvalue weighted by Gasteiger charge is 2.39. The third kappa shape index (κ3) is 4.07. The average Bonchev–Trinajstić information content (AvgIpc) is 2.93. The molecule has 9 nitrogen and oxygen atoms in total. The van der Waals surface area contributed by atoms with Crippen LogP contribution in [0.1, 0.15) is 27.6 Å². The number of aryl methyl sites for hydroxylation is 2. The summed E-state index contributed by atoms with van der Waals surface area (Å²) in [4.78, 5) is 22.2. The highest BCUT2D eigenvalue weighted by atomic mass is 32.2. The lowest BCUT2D eigenvalue weighted by Crippen LogP contribution is -2.62. The Morgan fingerprint density at radius 3 is 2.65 bits per heavy atom. The molecule has 3 rings (SSSR count). The maximum absolute atomic E-state index is 12.5. The molecule has 1 fully saturated rings. The molecule has 0 bridgehead atoms. The summed E-state index contributed by atoms with van der Waals surface area (Å²) in [5, 5.41) is 3.78. The Labute approximate surface area is 152 Å². The number of nitrogens with zero attached hydrogens (tertiary/aromatic N) is 5. The van der Waals surface area contributed by atoms with Crippen LogP contribution in [0.5, 0.6) is 0 Å². The van der Waals surface area contributed by atoms with E-state index in [9.17, 15) is 13.2 Å². The molecule has 1 amide bonds. The Morgan fingerprint density at radius 2 is 2.08 bits per heavy atom. The molecule has 26 heavy (non-hydrogen) atoms. The van der Waals surface area contributed by atoms with Gasteiger partial charge in [0.15, 0.2) is 5.82 Å². The van der Waals surface area contributed by atoms with E-state index in [2.05, 4.69) is 15.1 Å². The highest BCUT2D eigenvalue weighted by molar-refractivity contribution is 7.88. The SMILES string of the molecule is Cc1cncc(C(=O)N2CC(N(CCc3noc(C)n3)S(C)(=O)=O)C2)c1. The van der Waals surface area contributed by atoms with Crippen molar-refractivity contribution >= 4 is 15.9 Å². The lowest BCUT2D eigenvalue weighted by molar-refractivity contribution is 0.0453. The van der Waals surface area contributed by atoms with Crippen molar-refractivity contribution in [2.45, 2.75) is 26.3 Å². The van der Waals surface area contributed by atoms with Crippen LogP contribution >= 0.6 is 0 Å². The second-order valence-electron chi connectivity index (χ2n) is 6.47. The highest BCUT2D eigenvalue weighted by Crippen LogP contribution is 2.21. The first-order chi connectivity index (χ1) is 12.2. The normalized spacial score (nSPS) is 15.3. The van der Waals surface area contributed by atoms with Crippen molar-refractivity contribution in [3.63, 3.8) is 0 Å². The monoisotopic (exact) mass is 379 g/mol. The summed E-state index contributed by atoms with van der Waals surface area (Å²) >= 11 is 0. The predicted molar refractivity (Wildman–Crippen MR) is 93.0 cm³/mol. The van der Waals surface area contributed by atoms with Crippen molar-refractivity contribution in [3.05, 3.63) is 41.3 Å². The van der Waals surface area contributed by atoms with E-state index in [4.69, 9.17) is 4.52 Å². The number of amides is 1. The van der Waals surface area contributed by atoms with Gasteiger partial charge in [-0.3, -0.25) is 9.78 Å². The molecule has 1 aliphatic rings. The van der Waals surface area contributed by atoms with E-state index >= 15 is 0 Å². The number of hydrogen-bond acceptors (Lipinski definition) is 7. The first-order valence-electron chi connectivity index (χ1n) is 8.21. The Morgan fingerprint density at radius 1 is 1.35 bits per heavy atom. The number of pyridine rings is 1. The fourth-order valence-corrected chi connectivity index (χ4v) is 4.03. The van der Waals surface area contributed by atoms with Crippen molar-refractivity contribution in [3.8, 4) is 0 Å². The predicted octanol–water partition coefficient (Wildman–Crippen LogP) is 0.410. The summed E-state index contributed by atoms with van der Waals surface area (Å²) in [6.45, 7) is 4.50. The lowest BCUT2D eigenvalue weighted by atomic mass is 10.1. The largest absolute Gasteiger partial charge is 0.340 e. The summed E-state index contributed by atoms with van der Waals surface area (Å²) in [7, 11) is -3.41. The van der Waals surface area contributed by atoms with Crippen LogP contribution < -0.4 is 0 Å². The lowest BCUT2D eigenvalue weighted by Gasteiger charge is -2.44. The molecule has 0 N–H and O–H groups in total. The van der Waals surface area contributed by atoms with Crippen LogP contribution in [0.25, 0.3) is 0 Å². The smallest absolute Gasteiger partial charge is 0.255 e. The minimum Gasteiger partial charge on any atom is -0.340 e. The standard InChI is InChI=1S/C16H21N5O4S/c1-11-6-13(8-17-7-11)16(22)20-9-14(10-20)21(26(3,23)24)5-4-15-18-12(2)25-19-15/h6-8,14H,4-5,9-10H2,1-3H3. The topological polar surface area (TPSA) is 110 Å². The summed E-state index contributed by atoms with van der Waals surface area (Å²) < 4.78 is 30.6. The Balaban J connectivity index is 1.62. The first-order valence-corrected chi connectivity index (χ1v) is 10.1. The minimum absolute atomic E-state index is 0.139. The number of carbonyl (C=O) groups is 1. The zero-order valence-corrected chi connectivity index (χ0v) is 15.7. The van der Waals surface area contributed by atoms with E-state index in [1.54, 1.807) is 24.1 Å². The van der Waals surface area contributed by atoms with E-state index in [1.165, 1.54) is 16.8 Å². The molecule has 1 saturated heterocycles.